The van der Waals surface area contributed by atoms with Crippen molar-refractivity contribution in [2.75, 3.05) is 12.9 Å². The molecule has 2 saturated heterocycles. The summed E-state index contributed by atoms with van der Waals surface area (Å²) in [5.74, 6) is 0.326. The van der Waals surface area contributed by atoms with Gasteiger partial charge in [0.15, 0.2) is 30.1 Å². The molecule has 9 nitrogen and oxygen atoms in total. The number of aryl methyl sites for hydroxylation is 1. The molecule has 9 atom stereocenters. The summed E-state index contributed by atoms with van der Waals surface area (Å²) in [5.41, 5.74) is 0.512. The van der Waals surface area contributed by atoms with Gasteiger partial charge in [0.2, 0.25) is 0 Å². The topological polar surface area (TPSA) is 105 Å². The predicted molar refractivity (Wildman–Crippen MR) is 180 cm³/mol. The van der Waals surface area contributed by atoms with Crippen LogP contribution < -0.4 is 0 Å². The molecular formula is C30H58N2O7SSi3. The number of hydrogen-bond acceptors (Lipinski definition) is 9. The molecule has 3 rings (SSSR count). The molecule has 0 radical (unpaired) electrons. The number of nitrogens with zero attached hydrogens (tertiary/aromatic N) is 2. The lowest BCUT2D eigenvalue weighted by Crippen LogP contribution is -2.58. The second-order valence-corrected chi connectivity index (χ2v) is 29.6. The van der Waals surface area contributed by atoms with E-state index in [1.54, 1.807) is 6.20 Å². The van der Waals surface area contributed by atoms with Crippen LogP contribution in [0.15, 0.2) is 11.4 Å². The van der Waals surface area contributed by atoms with Crippen LogP contribution in [0.5, 0.6) is 0 Å². The second kappa shape index (κ2) is 14.6. The van der Waals surface area contributed by atoms with Crippen molar-refractivity contribution in [3.8, 4) is 0 Å². The van der Waals surface area contributed by atoms with Gasteiger partial charge in [0.1, 0.15) is 11.9 Å². The molecule has 0 bridgehead atoms. The number of ether oxygens (including phenoxy) is 2. The molecule has 13 heteroatoms. The van der Waals surface area contributed by atoms with Crippen LogP contribution in [-0.2, 0) is 34.6 Å². The number of Topliss-reactive ketones (excluding diaryl/α,β-unsaturated/α-hetero) is 1. The van der Waals surface area contributed by atoms with Gasteiger partial charge in [-0.25, -0.2) is 4.98 Å². The zero-order valence-electron chi connectivity index (χ0n) is 28.8. The van der Waals surface area contributed by atoms with E-state index in [0.717, 1.165) is 11.6 Å². The largest absolute Gasteiger partial charge is 0.415 e. The van der Waals surface area contributed by atoms with Crippen LogP contribution in [-0.4, -0.2) is 94.9 Å². The predicted octanol–water partition coefficient (Wildman–Crippen LogP) is 6.01. The van der Waals surface area contributed by atoms with Crippen LogP contribution in [0.2, 0.25) is 58.9 Å². The first-order valence-electron chi connectivity index (χ1n) is 15.7. The lowest BCUT2D eigenvalue weighted by molar-refractivity contribution is -0.160. The van der Waals surface area contributed by atoms with Crippen molar-refractivity contribution in [3.05, 3.63) is 11.9 Å². The molecule has 2 aliphatic rings. The average Bonchev–Trinajstić information content (AvgIpc) is 3.50. The van der Waals surface area contributed by atoms with E-state index < -0.39 is 37.2 Å². The minimum atomic E-state index is -2.03. The highest BCUT2D eigenvalue weighted by molar-refractivity contribution is 7.98. The van der Waals surface area contributed by atoms with Crippen LogP contribution in [0.25, 0.3) is 0 Å². The van der Waals surface area contributed by atoms with E-state index >= 15 is 0 Å². The molecule has 2 fully saturated rings. The molecule has 3 heterocycles. The maximum Gasteiger partial charge on any atom is 0.184 e. The van der Waals surface area contributed by atoms with Crippen molar-refractivity contribution in [1.29, 1.82) is 0 Å². The third-order valence-electron chi connectivity index (χ3n) is 7.84. The number of carbonyl (C=O) groups is 1. The Labute approximate surface area is 267 Å². The third kappa shape index (κ3) is 11.4. The second-order valence-electron chi connectivity index (χ2n) is 15.4. The Balaban J connectivity index is 1.74. The summed E-state index contributed by atoms with van der Waals surface area (Å²) in [4.78, 5) is 17.8. The van der Waals surface area contributed by atoms with Crippen molar-refractivity contribution in [3.63, 3.8) is 0 Å². The molecule has 2 aliphatic heterocycles. The third-order valence-corrected chi connectivity index (χ3v) is 11.6. The molecule has 0 aliphatic carbocycles. The minimum Gasteiger partial charge on any atom is -0.415 e. The summed E-state index contributed by atoms with van der Waals surface area (Å²) in [6, 6.07) is 0. The van der Waals surface area contributed by atoms with E-state index in [9.17, 15) is 9.90 Å². The summed E-state index contributed by atoms with van der Waals surface area (Å²) < 4.78 is 34.6. The van der Waals surface area contributed by atoms with Gasteiger partial charge >= 0.3 is 0 Å². The number of carbonyl (C=O) groups excluding carboxylic acids is 1. The fraction of sp³-hybridized carbons (Fsp3) is 0.867. The number of thioether (sulfide) groups is 1. The molecule has 248 valence electrons. The first-order valence-corrected chi connectivity index (χ1v) is 27.2. The Kier molecular flexibility index (Phi) is 12.6. The Morgan fingerprint density at radius 2 is 1.65 bits per heavy atom. The summed E-state index contributed by atoms with van der Waals surface area (Å²) in [6.45, 7) is 24.6. The van der Waals surface area contributed by atoms with Crippen LogP contribution in [0, 0.1) is 11.8 Å². The van der Waals surface area contributed by atoms with Crippen LogP contribution >= 0.6 is 11.8 Å². The number of aromatic nitrogens is 2. The number of aliphatic hydroxyl groups excluding tert-OH is 1. The first-order chi connectivity index (χ1) is 19.7. The molecule has 1 aromatic rings. The van der Waals surface area contributed by atoms with E-state index in [2.05, 4.69) is 77.8 Å². The van der Waals surface area contributed by atoms with E-state index in [1.165, 1.54) is 11.8 Å². The van der Waals surface area contributed by atoms with Crippen molar-refractivity contribution >= 4 is 42.5 Å². The number of rotatable bonds is 16. The van der Waals surface area contributed by atoms with Gasteiger partial charge in [-0.2, -0.15) is 0 Å². The highest BCUT2D eigenvalue weighted by Gasteiger charge is 2.51. The SMILES string of the molecule is CSc1nc(C(O)CC(=O)CC2OC[C@H](C[C@@H]3O[C@H]3[C@H](C)[C@H](C)O[Si](C)(C)C)[C@@H](O[Si](C)(C)C)[C@@H]2O[Si](C)(C)C)cn1C. The summed E-state index contributed by atoms with van der Waals surface area (Å²) in [7, 11) is -3.77. The lowest BCUT2D eigenvalue weighted by atomic mass is 9.85. The van der Waals surface area contributed by atoms with E-state index in [-0.39, 0.29) is 55.1 Å². The molecular weight excluding hydrogens is 617 g/mol. The lowest BCUT2D eigenvalue weighted by Gasteiger charge is -2.47. The first kappa shape index (κ1) is 37.1. The van der Waals surface area contributed by atoms with Gasteiger partial charge in [-0.05, 0) is 78.5 Å². The monoisotopic (exact) mass is 674 g/mol. The van der Waals surface area contributed by atoms with Crippen molar-refractivity contribution in [2.24, 2.45) is 18.9 Å². The fourth-order valence-corrected chi connectivity index (χ4v) is 10.0. The Hall–Kier alpha value is -0.359. The molecule has 0 spiro atoms. The summed E-state index contributed by atoms with van der Waals surface area (Å²) in [6.07, 6.45) is 3.19. The average molecular weight is 675 g/mol. The Bertz CT molecular complexity index is 1070. The van der Waals surface area contributed by atoms with Gasteiger partial charge in [-0.3, -0.25) is 4.79 Å². The molecule has 2 unspecified atom stereocenters. The number of epoxide rings is 1. The maximum atomic E-state index is 13.3. The zero-order valence-corrected chi connectivity index (χ0v) is 32.6. The molecule has 43 heavy (non-hydrogen) atoms. The van der Waals surface area contributed by atoms with Gasteiger partial charge in [0, 0.05) is 44.0 Å². The van der Waals surface area contributed by atoms with Crippen LogP contribution in [0.3, 0.4) is 0 Å². The van der Waals surface area contributed by atoms with Crippen molar-refractivity contribution in [2.45, 2.75) is 140 Å². The van der Waals surface area contributed by atoms with Crippen LogP contribution in [0.4, 0.5) is 0 Å². The summed E-state index contributed by atoms with van der Waals surface area (Å²) in [5, 5.41) is 11.6. The molecule has 1 aromatic heterocycles. The molecule has 0 aromatic carbocycles. The van der Waals surface area contributed by atoms with Gasteiger partial charge in [-0.15, -0.1) is 0 Å². The number of imidazole rings is 1. The number of hydrogen-bond donors (Lipinski definition) is 1. The Morgan fingerprint density at radius 3 is 2.19 bits per heavy atom. The maximum absolute atomic E-state index is 13.3. The highest BCUT2D eigenvalue weighted by atomic mass is 32.2. The zero-order chi connectivity index (χ0) is 32.5. The standard InChI is InChI=1S/C30H58N2O7SSi3/c1-19(20(2)37-41(5,6)7)27-26(36-27)14-21-18-35-25(29(39-43(11,12)13)28(21)38-42(8,9)10)16-22(33)15-24(34)23-17-32(3)30(31-23)40-4/h17,19-21,24-29,34H,14-16,18H2,1-13H3/t19-,20+,21+,24?,25?,26+,27+,28-,29-/m1/s1. The smallest absolute Gasteiger partial charge is 0.184 e. The van der Waals surface area contributed by atoms with Gasteiger partial charge in [0.25, 0.3) is 0 Å². The Morgan fingerprint density at radius 1 is 1.05 bits per heavy atom. The summed E-state index contributed by atoms with van der Waals surface area (Å²) >= 11 is 1.50. The van der Waals surface area contributed by atoms with E-state index in [4.69, 9.17) is 22.8 Å². The minimum absolute atomic E-state index is 0.0134. The highest BCUT2D eigenvalue weighted by Crippen LogP contribution is 2.41. The number of ketones is 1. The number of aliphatic hydroxyl groups is 1. The molecule has 1 N–H and O–H groups in total. The van der Waals surface area contributed by atoms with Gasteiger partial charge < -0.3 is 32.4 Å². The molecule has 0 saturated carbocycles. The van der Waals surface area contributed by atoms with Crippen LogP contribution in [0.1, 0.15) is 44.9 Å². The quantitative estimate of drug-likeness (QED) is 0.128. The van der Waals surface area contributed by atoms with Crippen molar-refractivity contribution < 1.29 is 32.7 Å². The molecule has 0 amide bonds. The van der Waals surface area contributed by atoms with Crippen molar-refractivity contribution in [1.82, 2.24) is 9.55 Å². The fourth-order valence-electron chi connectivity index (χ4n) is 5.91. The van der Waals surface area contributed by atoms with Gasteiger partial charge in [0.05, 0.1) is 42.8 Å². The van der Waals surface area contributed by atoms with E-state index in [0.29, 0.717) is 18.2 Å². The normalized spacial score (nSPS) is 28.9. The van der Waals surface area contributed by atoms with Gasteiger partial charge in [-0.1, -0.05) is 18.7 Å². The van der Waals surface area contributed by atoms with E-state index in [1.807, 2.05) is 17.9 Å².